The van der Waals surface area contributed by atoms with Crippen molar-refractivity contribution in [1.29, 1.82) is 0 Å². The molecule has 2 heterocycles. The van der Waals surface area contributed by atoms with Crippen LogP contribution in [0, 0.1) is 9.12 Å². The lowest BCUT2D eigenvalue weighted by Crippen LogP contribution is -2.50. The van der Waals surface area contributed by atoms with E-state index < -0.39 is 0 Å². The Hall–Kier alpha value is -0.430. The molecule has 92 valence electrons. The van der Waals surface area contributed by atoms with Crippen molar-refractivity contribution >= 4 is 28.4 Å². The lowest BCUT2D eigenvalue weighted by atomic mass is 9.60. The van der Waals surface area contributed by atoms with Gasteiger partial charge in [0, 0.05) is 6.04 Å². The molecule has 4 nitrogen and oxygen atoms in total. The fourth-order valence-corrected chi connectivity index (χ4v) is 3.34. The average Bonchev–Trinajstić information content (AvgIpc) is 2.31. The van der Waals surface area contributed by atoms with Gasteiger partial charge in [-0.2, -0.15) is 0 Å². The van der Waals surface area contributed by atoms with Gasteiger partial charge in [-0.25, -0.2) is 0 Å². The Balaban J connectivity index is 1.54. The first-order valence-corrected chi connectivity index (χ1v) is 7.30. The summed E-state index contributed by atoms with van der Waals surface area (Å²) in [5.74, 6) is 0.916. The molecule has 1 aliphatic carbocycles. The van der Waals surface area contributed by atoms with Crippen LogP contribution in [0.15, 0.2) is 12.1 Å². The fourth-order valence-electron chi connectivity index (χ4n) is 3.06. The zero-order valence-electron chi connectivity index (χ0n) is 9.75. The molecule has 0 radical (unpaired) electrons. The van der Waals surface area contributed by atoms with Crippen molar-refractivity contribution in [2.45, 2.75) is 31.7 Å². The molecule has 0 atom stereocenters. The van der Waals surface area contributed by atoms with E-state index in [0.717, 1.165) is 9.52 Å². The minimum absolute atomic E-state index is 0.600. The van der Waals surface area contributed by atoms with Gasteiger partial charge in [0.25, 0.3) is 0 Å². The monoisotopic (exact) mass is 344 g/mol. The maximum atomic E-state index is 4.15. The summed E-state index contributed by atoms with van der Waals surface area (Å²) in [6.45, 7) is 2.38. The van der Waals surface area contributed by atoms with E-state index in [-0.39, 0.29) is 0 Å². The zero-order valence-corrected chi connectivity index (χ0v) is 11.9. The van der Waals surface area contributed by atoms with Crippen molar-refractivity contribution in [1.82, 2.24) is 15.5 Å². The van der Waals surface area contributed by atoms with Crippen LogP contribution in [0.4, 0.5) is 5.82 Å². The first kappa shape index (κ1) is 11.6. The third-order valence-corrected chi connectivity index (χ3v) is 4.58. The number of nitrogens with one attached hydrogen (secondary N) is 2. The molecule has 0 amide bonds. The van der Waals surface area contributed by atoms with Crippen LogP contribution >= 0.6 is 22.6 Å². The minimum atomic E-state index is 0.600. The number of hydrogen-bond acceptors (Lipinski definition) is 4. The Morgan fingerprint density at radius 3 is 2.65 bits per heavy atom. The molecule has 2 fully saturated rings. The van der Waals surface area contributed by atoms with Gasteiger partial charge in [0.2, 0.25) is 0 Å². The van der Waals surface area contributed by atoms with Gasteiger partial charge in [-0.05, 0) is 78.9 Å². The highest BCUT2D eigenvalue weighted by molar-refractivity contribution is 14.1. The molecule has 1 saturated heterocycles. The molecule has 1 aromatic rings. The van der Waals surface area contributed by atoms with Crippen molar-refractivity contribution in [3.8, 4) is 0 Å². The van der Waals surface area contributed by atoms with Gasteiger partial charge >= 0.3 is 0 Å². The van der Waals surface area contributed by atoms with Crippen LogP contribution in [0.5, 0.6) is 0 Å². The first-order chi connectivity index (χ1) is 8.26. The van der Waals surface area contributed by atoms with E-state index in [0.29, 0.717) is 11.5 Å². The largest absolute Gasteiger partial charge is 0.366 e. The number of anilines is 1. The molecule has 2 N–H and O–H groups in total. The average molecular weight is 344 g/mol. The maximum Gasteiger partial charge on any atom is 0.148 e. The number of rotatable bonds is 2. The second kappa shape index (κ2) is 4.68. The quantitative estimate of drug-likeness (QED) is 0.806. The SMILES string of the molecule is Ic1ccc(NC2CC3(CCNCC3)C2)nn1. The summed E-state index contributed by atoms with van der Waals surface area (Å²) in [6, 6.07) is 4.61. The smallest absolute Gasteiger partial charge is 0.148 e. The summed E-state index contributed by atoms with van der Waals surface area (Å²) >= 11 is 2.18. The predicted octanol–water partition coefficient (Wildman–Crippen LogP) is 2.03. The highest BCUT2D eigenvalue weighted by atomic mass is 127. The van der Waals surface area contributed by atoms with Crippen LogP contribution in [0.25, 0.3) is 0 Å². The molecule has 17 heavy (non-hydrogen) atoms. The second-order valence-electron chi connectivity index (χ2n) is 5.24. The van der Waals surface area contributed by atoms with Gasteiger partial charge in [-0.1, -0.05) is 0 Å². The number of nitrogens with zero attached hydrogens (tertiary/aromatic N) is 2. The molecule has 1 saturated carbocycles. The maximum absolute atomic E-state index is 4.15. The molecule has 5 heteroatoms. The molecule has 0 aromatic carbocycles. The van der Waals surface area contributed by atoms with Gasteiger partial charge < -0.3 is 10.6 Å². The number of aromatic nitrogens is 2. The third-order valence-electron chi connectivity index (χ3n) is 4.01. The Morgan fingerprint density at radius 2 is 2.00 bits per heavy atom. The summed E-state index contributed by atoms with van der Waals surface area (Å²) in [5.41, 5.74) is 0.625. The van der Waals surface area contributed by atoms with Crippen LogP contribution in [0.1, 0.15) is 25.7 Å². The molecular weight excluding hydrogens is 327 g/mol. The zero-order chi connectivity index (χ0) is 11.7. The molecule has 1 spiro atoms. The van der Waals surface area contributed by atoms with Crippen molar-refractivity contribution in [3.63, 3.8) is 0 Å². The van der Waals surface area contributed by atoms with Crippen LogP contribution in [-0.2, 0) is 0 Å². The highest BCUT2D eigenvalue weighted by Gasteiger charge is 2.44. The first-order valence-electron chi connectivity index (χ1n) is 6.22. The molecule has 1 aromatic heterocycles. The Kier molecular flexibility index (Phi) is 3.21. The van der Waals surface area contributed by atoms with E-state index in [1.165, 1.54) is 38.8 Å². The molecule has 1 aliphatic heterocycles. The predicted molar refractivity (Wildman–Crippen MR) is 75.9 cm³/mol. The number of hydrogen-bond donors (Lipinski definition) is 2. The minimum Gasteiger partial charge on any atom is -0.366 e. The molecule has 0 unspecified atom stereocenters. The summed E-state index contributed by atoms with van der Waals surface area (Å²) in [4.78, 5) is 0. The topological polar surface area (TPSA) is 49.8 Å². The van der Waals surface area contributed by atoms with Crippen molar-refractivity contribution < 1.29 is 0 Å². The third kappa shape index (κ3) is 2.54. The summed E-state index contributed by atoms with van der Waals surface area (Å²) < 4.78 is 0.941. The summed E-state index contributed by atoms with van der Waals surface area (Å²) in [6.07, 6.45) is 5.26. The Labute approximate surface area is 115 Å². The van der Waals surface area contributed by atoms with E-state index in [1.54, 1.807) is 0 Å². The van der Waals surface area contributed by atoms with E-state index in [9.17, 15) is 0 Å². The normalized spacial score (nSPS) is 23.4. The lowest BCUT2D eigenvalue weighted by Gasteiger charge is -2.50. The highest BCUT2D eigenvalue weighted by Crippen LogP contribution is 2.48. The Morgan fingerprint density at radius 1 is 1.24 bits per heavy atom. The second-order valence-corrected chi connectivity index (χ2v) is 6.35. The van der Waals surface area contributed by atoms with Crippen molar-refractivity contribution in [2.75, 3.05) is 18.4 Å². The molecular formula is C12H17IN4. The van der Waals surface area contributed by atoms with E-state index >= 15 is 0 Å². The van der Waals surface area contributed by atoms with Crippen molar-refractivity contribution in [3.05, 3.63) is 15.8 Å². The van der Waals surface area contributed by atoms with Crippen LogP contribution < -0.4 is 10.6 Å². The van der Waals surface area contributed by atoms with Gasteiger partial charge in [0.1, 0.15) is 9.52 Å². The number of piperidine rings is 1. The summed E-state index contributed by atoms with van der Waals surface area (Å²) in [5, 5.41) is 15.1. The molecule has 3 rings (SSSR count). The van der Waals surface area contributed by atoms with Crippen molar-refractivity contribution in [2.24, 2.45) is 5.41 Å². The van der Waals surface area contributed by atoms with Gasteiger partial charge in [0.15, 0.2) is 0 Å². The van der Waals surface area contributed by atoms with Gasteiger partial charge in [-0.3, -0.25) is 0 Å². The van der Waals surface area contributed by atoms with E-state index in [2.05, 4.69) is 43.4 Å². The lowest BCUT2D eigenvalue weighted by molar-refractivity contribution is 0.0717. The van der Waals surface area contributed by atoms with Crippen LogP contribution in [0.3, 0.4) is 0 Å². The van der Waals surface area contributed by atoms with Gasteiger partial charge in [-0.15, -0.1) is 10.2 Å². The van der Waals surface area contributed by atoms with E-state index in [4.69, 9.17) is 0 Å². The van der Waals surface area contributed by atoms with Gasteiger partial charge in [0.05, 0.1) is 0 Å². The Bertz CT molecular complexity index is 378. The standard InChI is InChI=1S/C12H17IN4/c13-10-1-2-11(17-16-10)15-9-7-12(8-9)3-5-14-6-4-12/h1-2,9,14H,3-8H2,(H,15,17). The summed E-state index contributed by atoms with van der Waals surface area (Å²) in [7, 11) is 0. The van der Waals surface area contributed by atoms with E-state index in [1.807, 2.05) is 12.1 Å². The fraction of sp³-hybridized carbons (Fsp3) is 0.667. The van der Waals surface area contributed by atoms with Crippen LogP contribution in [-0.4, -0.2) is 29.3 Å². The number of halogens is 1. The molecule has 2 aliphatic rings. The molecule has 0 bridgehead atoms. The van der Waals surface area contributed by atoms with Crippen LogP contribution in [0.2, 0.25) is 0 Å².